The summed E-state index contributed by atoms with van der Waals surface area (Å²) in [7, 11) is 0. The number of halogens is 1. The van der Waals surface area contributed by atoms with Crippen molar-refractivity contribution in [3.63, 3.8) is 0 Å². The zero-order valence-electron chi connectivity index (χ0n) is 12.5. The summed E-state index contributed by atoms with van der Waals surface area (Å²) in [5, 5.41) is 3.38. The van der Waals surface area contributed by atoms with E-state index in [1.165, 1.54) is 17.7 Å². The van der Waals surface area contributed by atoms with Crippen molar-refractivity contribution in [2.45, 2.75) is 39.7 Å². The van der Waals surface area contributed by atoms with Crippen molar-refractivity contribution < 1.29 is 4.39 Å². The standard InChI is InChI=1S/C17H20FN3/c1-3-4-15-14-10-19-8-7-16(14)21-17(20-15)13-9-12(18)6-5-11(13)2/h5-6,9,19H,3-4,7-8,10H2,1-2H3. The first-order chi connectivity index (χ1) is 10.2. The molecule has 21 heavy (non-hydrogen) atoms. The molecule has 1 aliphatic heterocycles. The van der Waals surface area contributed by atoms with Crippen LogP contribution in [0, 0.1) is 12.7 Å². The van der Waals surface area contributed by atoms with Crippen molar-refractivity contribution >= 4 is 0 Å². The molecular formula is C17H20FN3. The minimum Gasteiger partial charge on any atom is -0.312 e. The fourth-order valence-corrected chi connectivity index (χ4v) is 2.81. The molecule has 2 aromatic rings. The highest BCUT2D eigenvalue weighted by Gasteiger charge is 2.18. The SMILES string of the molecule is CCCc1nc(-c2cc(F)ccc2C)nc2c1CNCC2. The number of hydrogen-bond donors (Lipinski definition) is 1. The zero-order valence-corrected chi connectivity index (χ0v) is 12.5. The molecule has 0 fully saturated rings. The van der Waals surface area contributed by atoms with Gasteiger partial charge in [0.2, 0.25) is 0 Å². The van der Waals surface area contributed by atoms with Gasteiger partial charge in [0.1, 0.15) is 5.82 Å². The maximum absolute atomic E-state index is 13.6. The van der Waals surface area contributed by atoms with E-state index >= 15 is 0 Å². The average Bonchev–Trinajstić information content (AvgIpc) is 2.50. The Kier molecular flexibility index (Phi) is 3.97. The normalized spacial score (nSPS) is 14.0. The van der Waals surface area contributed by atoms with E-state index in [1.807, 2.05) is 6.92 Å². The topological polar surface area (TPSA) is 37.8 Å². The Labute approximate surface area is 124 Å². The van der Waals surface area contributed by atoms with Crippen LogP contribution in [0.2, 0.25) is 0 Å². The van der Waals surface area contributed by atoms with Gasteiger partial charge in [-0.2, -0.15) is 0 Å². The van der Waals surface area contributed by atoms with E-state index in [2.05, 4.69) is 12.2 Å². The predicted octanol–water partition coefficient (Wildman–Crippen LogP) is 3.19. The van der Waals surface area contributed by atoms with E-state index in [0.717, 1.165) is 54.9 Å². The lowest BCUT2D eigenvalue weighted by molar-refractivity contribution is 0.614. The van der Waals surface area contributed by atoms with E-state index in [1.54, 1.807) is 6.07 Å². The second-order valence-electron chi connectivity index (χ2n) is 5.56. The van der Waals surface area contributed by atoms with Crippen molar-refractivity contribution in [2.24, 2.45) is 0 Å². The monoisotopic (exact) mass is 285 g/mol. The summed E-state index contributed by atoms with van der Waals surface area (Å²) >= 11 is 0. The Bertz CT molecular complexity index is 667. The van der Waals surface area contributed by atoms with Crippen molar-refractivity contribution in [1.29, 1.82) is 0 Å². The molecule has 0 amide bonds. The fraction of sp³-hybridized carbons (Fsp3) is 0.412. The number of benzene rings is 1. The molecule has 110 valence electrons. The van der Waals surface area contributed by atoms with Gasteiger partial charge in [-0.1, -0.05) is 19.4 Å². The molecule has 0 saturated heterocycles. The smallest absolute Gasteiger partial charge is 0.160 e. The fourth-order valence-electron chi connectivity index (χ4n) is 2.81. The van der Waals surface area contributed by atoms with Crippen molar-refractivity contribution in [2.75, 3.05) is 6.54 Å². The molecular weight excluding hydrogens is 265 g/mol. The quantitative estimate of drug-likeness (QED) is 0.941. The Balaban J connectivity index is 2.14. The number of aromatic nitrogens is 2. The highest BCUT2D eigenvalue weighted by atomic mass is 19.1. The number of fused-ring (bicyclic) bond motifs is 1. The van der Waals surface area contributed by atoms with Crippen LogP contribution in [0.15, 0.2) is 18.2 Å². The molecule has 0 atom stereocenters. The minimum atomic E-state index is -0.240. The molecule has 3 nitrogen and oxygen atoms in total. The van der Waals surface area contributed by atoms with E-state index in [9.17, 15) is 4.39 Å². The van der Waals surface area contributed by atoms with Crippen LogP contribution in [-0.4, -0.2) is 16.5 Å². The van der Waals surface area contributed by atoms with Crippen LogP contribution in [0.3, 0.4) is 0 Å². The van der Waals surface area contributed by atoms with Gasteiger partial charge in [0.25, 0.3) is 0 Å². The minimum absolute atomic E-state index is 0.240. The maximum Gasteiger partial charge on any atom is 0.160 e. The summed E-state index contributed by atoms with van der Waals surface area (Å²) < 4.78 is 13.6. The maximum atomic E-state index is 13.6. The summed E-state index contributed by atoms with van der Waals surface area (Å²) in [5.41, 5.74) is 5.27. The summed E-state index contributed by atoms with van der Waals surface area (Å²) in [6, 6.07) is 4.80. The van der Waals surface area contributed by atoms with Gasteiger partial charge in [-0.3, -0.25) is 0 Å². The van der Waals surface area contributed by atoms with Crippen LogP contribution in [0.4, 0.5) is 4.39 Å². The lowest BCUT2D eigenvalue weighted by Crippen LogP contribution is -2.27. The van der Waals surface area contributed by atoms with Crippen molar-refractivity contribution in [3.05, 3.63) is 46.5 Å². The number of rotatable bonds is 3. The molecule has 1 aromatic carbocycles. The predicted molar refractivity (Wildman–Crippen MR) is 81.6 cm³/mol. The largest absolute Gasteiger partial charge is 0.312 e. The van der Waals surface area contributed by atoms with Gasteiger partial charge in [-0.05, 0) is 31.0 Å². The summed E-state index contributed by atoms with van der Waals surface area (Å²) in [5.74, 6) is 0.423. The molecule has 0 spiro atoms. The lowest BCUT2D eigenvalue weighted by atomic mass is 10.0. The van der Waals surface area contributed by atoms with Gasteiger partial charge < -0.3 is 5.32 Å². The van der Waals surface area contributed by atoms with Crippen LogP contribution < -0.4 is 5.32 Å². The highest BCUT2D eigenvalue weighted by molar-refractivity contribution is 5.60. The first-order valence-electron chi connectivity index (χ1n) is 7.55. The Morgan fingerprint density at radius 3 is 2.95 bits per heavy atom. The third kappa shape index (κ3) is 2.81. The summed E-state index contributed by atoms with van der Waals surface area (Å²) in [6.07, 6.45) is 2.90. The van der Waals surface area contributed by atoms with Crippen LogP contribution in [-0.2, 0) is 19.4 Å². The van der Waals surface area contributed by atoms with Gasteiger partial charge in [-0.25, -0.2) is 14.4 Å². The number of aryl methyl sites for hydroxylation is 2. The number of hydrogen-bond acceptors (Lipinski definition) is 3. The first kappa shape index (κ1) is 14.1. The second-order valence-corrected chi connectivity index (χ2v) is 5.56. The molecule has 0 bridgehead atoms. The van der Waals surface area contributed by atoms with Crippen molar-refractivity contribution in [1.82, 2.24) is 15.3 Å². The lowest BCUT2D eigenvalue weighted by Gasteiger charge is -2.20. The highest BCUT2D eigenvalue weighted by Crippen LogP contribution is 2.25. The molecule has 0 aliphatic carbocycles. The Morgan fingerprint density at radius 2 is 2.14 bits per heavy atom. The van der Waals surface area contributed by atoms with Crippen molar-refractivity contribution in [3.8, 4) is 11.4 Å². The molecule has 1 aliphatic rings. The molecule has 2 heterocycles. The van der Waals surface area contributed by atoms with Gasteiger partial charge in [-0.15, -0.1) is 0 Å². The van der Waals surface area contributed by atoms with E-state index in [-0.39, 0.29) is 5.82 Å². The molecule has 1 N–H and O–H groups in total. The van der Waals surface area contributed by atoms with Gasteiger partial charge >= 0.3 is 0 Å². The third-order valence-corrected chi connectivity index (χ3v) is 3.95. The molecule has 1 aromatic heterocycles. The van der Waals surface area contributed by atoms with Gasteiger partial charge in [0.05, 0.1) is 5.69 Å². The average molecular weight is 285 g/mol. The first-order valence-corrected chi connectivity index (χ1v) is 7.55. The second kappa shape index (κ2) is 5.90. The number of nitrogens with zero attached hydrogens (tertiary/aromatic N) is 2. The molecule has 4 heteroatoms. The van der Waals surface area contributed by atoms with Crippen LogP contribution in [0.5, 0.6) is 0 Å². The van der Waals surface area contributed by atoms with Gasteiger partial charge in [0.15, 0.2) is 5.82 Å². The van der Waals surface area contributed by atoms with Crippen LogP contribution >= 0.6 is 0 Å². The zero-order chi connectivity index (χ0) is 14.8. The third-order valence-electron chi connectivity index (χ3n) is 3.95. The molecule has 3 rings (SSSR count). The van der Waals surface area contributed by atoms with Gasteiger partial charge in [0, 0.05) is 36.3 Å². The molecule has 0 radical (unpaired) electrons. The van der Waals surface area contributed by atoms with Crippen LogP contribution in [0.1, 0.15) is 35.9 Å². The summed E-state index contributed by atoms with van der Waals surface area (Å²) in [4.78, 5) is 9.44. The molecule has 0 saturated carbocycles. The Morgan fingerprint density at radius 1 is 1.29 bits per heavy atom. The summed E-state index contributed by atoms with van der Waals surface area (Å²) in [6.45, 7) is 5.90. The van der Waals surface area contributed by atoms with E-state index in [4.69, 9.17) is 9.97 Å². The van der Waals surface area contributed by atoms with E-state index < -0.39 is 0 Å². The van der Waals surface area contributed by atoms with E-state index in [0.29, 0.717) is 5.82 Å². The number of nitrogens with one attached hydrogen (secondary N) is 1. The Hall–Kier alpha value is -1.81. The van der Waals surface area contributed by atoms with Crippen LogP contribution in [0.25, 0.3) is 11.4 Å². The molecule has 0 unspecified atom stereocenters.